The fourth-order valence-electron chi connectivity index (χ4n) is 3.03. The van der Waals surface area contributed by atoms with E-state index in [-0.39, 0.29) is 11.8 Å². The summed E-state index contributed by atoms with van der Waals surface area (Å²) in [5.74, 6) is -0.174. The summed E-state index contributed by atoms with van der Waals surface area (Å²) in [6, 6.07) is 5.88. The zero-order chi connectivity index (χ0) is 20.1. The second-order valence-corrected chi connectivity index (χ2v) is 6.59. The SMILES string of the molecule is COc1ccc(NC(=O)C(C)NC(=O)c2ccoc2)cc1N1CCCCC1=O. The van der Waals surface area contributed by atoms with Gasteiger partial charge >= 0.3 is 0 Å². The topological polar surface area (TPSA) is 101 Å². The van der Waals surface area contributed by atoms with Crippen molar-refractivity contribution in [2.24, 2.45) is 0 Å². The molecule has 1 aliphatic rings. The third-order valence-electron chi connectivity index (χ3n) is 4.58. The average Bonchev–Trinajstić information content (AvgIpc) is 3.23. The monoisotopic (exact) mass is 385 g/mol. The van der Waals surface area contributed by atoms with Gasteiger partial charge in [-0.2, -0.15) is 0 Å². The lowest BCUT2D eigenvalue weighted by molar-refractivity contribution is -0.119. The van der Waals surface area contributed by atoms with Gasteiger partial charge in [0.25, 0.3) is 5.91 Å². The molecule has 3 rings (SSSR count). The third-order valence-corrected chi connectivity index (χ3v) is 4.58. The largest absolute Gasteiger partial charge is 0.495 e. The van der Waals surface area contributed by atoms with Gasteiger partial charge in [0.15, 0.2) is 0 Å². The smallest absolute Gasteiger partial charge is 0.255 e. The number of nitrogens with one attached hydrogen (secondary N) is 2. The summed E-state index contributed by atoms with van der Waals surface area (Å²) in [5, 5.41) is 5.38. The Bertz CT molecular complexity index is 863. The van der Waals surface area contributed by atoms with E-state index < -0.39 is 11.9 Å². The van der Waals surface area contributed by atoms with Crippen LogP contribution in [-0.4, -0.2) is 37.4 Å². The molecule has 2 N–H and O–H groups in total. The molecule has 0 bridgehead atoms. The molecule has 1 aromatic heterocycles. The van der Waals surface area contributed by atoms with E-state index in [1.807, 2.05) is 0 Å². The van der Waals surface area contributed by atoms with Crippen molar-refractivity contribution in [3.05, 3.63) is 42.4 Å². The predicted octanol–water partition coefficient (Wildman–Crippen LogP) is 2.56. The van der Waals surface area contributed by atoms with Crippen molar-refractivity contribution in [1.82, 2.24) is 5.32 Å². The second-order valence-electron chi connectivity index (χ2n) is 6.59. The van der Waals surface area contributed by atoms with Gasteiger partial charge in [0.05, 0.1) is 24.6 Å². The number of piperidine rings is 1. The van der Waals surface area contributed by atoms with Crippen LogP contribution in [0.15, 0.2) is 41.2 Å². The Labute approximate surface area is 162 Å². The molecular formula is C20H23N3O5. The first kappa shape index (κ1) is 19.5. The molecule has 1 saturated heterocycles. The van der Waals surface area contributed by atoms with Crippen molar-refractivity contribution in [2.75, 3.05) is 23.9 Å². The van der Waals surface area contributed by atoms with Crippen LogP contribution in [0.25, 0.3) is 0 Å². The summed E-state index contributed by atoms with van der Waals surface area (Å²) in [5.41, 5.74) is 1.48. The van der Waals surface area contributed by atoms with Gasteiger partial charge in [-0.3, -0.25) is 14.4 Å². The number of carbonyl (C=O) groups excluding carboxylic acids is 3. The third kappa shape index (κ3) is 4.33. The number of benzene rings is 1. The molecule has 0 saturated carbocycles. The minimum absolute atomic E-state index is 0.0359. The molecule has 2 aromatic rings. The molecule has 28 heavy (non-hydrogen) atoms. The summed E-state index contributed by atoms with van der Waals surface area (Å²) in [6.45, 7) is 2.20. The average molecular weight is 385 g/mol. The Kier molecular flexibility index (Phi) is 5.98. The molecule has 0 aliphatic carbocycles. The molecule has 1 fully saturated rings. The van der Waals surface area contributed by atoms with Gasteiger partial charge in [-0.15, -0.1) is 0 Å². The Morgan fingerprint density at radius 3 is 2.75 bits per heavy atom. The normalized spacial score (nSPS) is 15.1. The summed E-state index contributed by atoms with van der Waals surface area (Å²) in [4.78, 5) is 38.5. The maximum Gasteiger partial charge on any atom is 0.255 e. The number of anilines is 2. The van der Waals surface area contributed by atoms with Crippen LogP contribution in [0.5, 0.6) is 5.75 Å². The van der Waals surface area contributed by atoms with Gasteiger partial charge in [0.1, 0.15) is 18.1 Å². The fraction of sp³-hybridized carbons (Fsp3) is 0.350. The number of furan rings is 1. The molecule has 0 spiro atoms. The Morgan fingerprint density at radius 2 is 2.07 bits per heavy atom. The van der Waals surface area contributed by atoms with E-state index in [0.717, 1.165) is 12.8 Å². The van der Waals surface area contributed by atoms with Gasteiger partial charge in [-0.05, 0) is 44.0 Å². The molecule has 3 amide bonds. The maximum absolute atomic E-state index is 12.5. The standard InChI is InChI=1S/C20H23N3O5/c1-13(21-20(26)14-8-10-28-12-14)19(25)22-15-6-7-17(27-2)16(11-15)23-9-4-3-5-18(23)24/h6-8,10-13H,3-5,9H2,1-2H3,(H,21,26)(H,22,25). The highest BCUT2D eigenvalue weighted by Gasteiger charge is 2.24. The first-order valence-electron chi connectivity index (χ1n) is 9.12. The van der Waals surface area contributed by atoms with Crippen LogP contribution < -0.4 is 20.3 Å². The number of methoxy groups -OCH3 is 1. The van der Waals surface area contributed by atoms with Crippen molar-refractivity contribution in [2.45, 2.75) is 32.2 Å². The van der Waals surface area contributed by atoms with Crippen LogP contribution in [0.3, 0.4) is 0 Å². The van der Waals surface area contributed by atoms with Gasteiger partial charge in [-0.25, -0.2) is 0 Å². The summed E-state index contributed by atoms with van der Waals surface area (Å²) in [7, 11) is 1.54. The van der Waals surface area contributed by atoms with E-state index in [2.05, 4.69) is 10.6 Å². The van der Waals surface area contributed by atoms with Crippen molar-refractivity contribution in [3.8, 4) is 5.75 Å². The highest BCUT2D eigenvalue weighted by Crippen LogP contribution is 2.33. The Hall–Kier alpha value is -3.29. The number of hydrogen-bond acceptors (Lipinski definition) is 5. The van der Waals surface area contributed by atoms with E-state index >= 15 is 0 Å². The Balaban J connectivity index is 1.71. The van der Waals surface area contributed by atoms with Gasteiger partial charge in [-0.1, -0.05) is 0 Å². The highest BCUT2D eigenvalue weighted by molar-refractivity contribution is 6.02. The van der Waals surface area contributed by atoms with Gasteiger partial charge < -0.3 is 24.7 Å². The van der Waals surface area contributed by atoms with Crippen molar-refractivity contribution >= 4 is 29.1 Å². The number of amides is 3. The van der Waals surface area contributed by atoms with E-state index in [1.54, 1.807) is 37.1 Å². The van der Waals surface area contributed by atoms with Crippen LogP contribution in [0, 0.1) is 0 Å². The number of nitrogens with zero attached hydrogens (tertiary/aromatic N) is 1. The molecule has 2 heterocycles. The quantitative estimate of drug-likeness (QED) is 0.796. The zero-order valence-electron chi connectivity index (χ0n) is 15.9. The lowest BCUT2D eigenvalue weighted by Crippen LogP contribution is -2.41. The van der Waals surface area contributed by atoms with Gasteiger partial charge in [0, 0.05) is 18.7 Å². The van der Waals surface area contributed by atoms with E-state index in [0.29, 0.717) is 35.7 Å². The zero-order valence-corrected chi connectivity index (χ0v) is 15.9. The molecular weight excluding hydrogens is 362 g/mol. The predicted molar refractivity (Wildman–Crippen MR) is 103 cm³/mol. The fourth-order valence-corrected chi connectivity index (χ4v) is 3.03. The molecule has 1 aromatic carbocycles. The molecule has 8 nitrogen and oxygen atoms in total. The highest BCUT2D eigenvalue weighted by atomic mass is 16.5. The number of hydrogen-bond donors (Lipinski definition) is 2. The molecule has 1 unspecified atom stereocenters. The van der Waals surface area contributed by atoms with E-state index in [9.17, 15) is 14.4 Å². The van der Waals surface area contributed by atoms with Crippen LogP contribution in [0.1, 0.15) is 36.5 Å². The first-order chi connectivity index (χ1) is 13.5. The molecule has 1 aliphatic heterocycles. The lowest BCUT2D eigenvalue weighted by Gasteiger charge is -2.28. The molecule has 8 heteroatoms. The van der Waals surface area contributed by atoms with Gasteiger partial charge in [0.2, 0.25) is 11.8 Å². The molecule has 0 radical (unpaired) electrons. The van der Waals surface area contributed by atoms with Crippen LogP contribution in [-0.2, 0) is 9.59 Å². The Morgan fingerprint density at radius 1 is 1.25 bits per heavy atom. The van der Waals surface area contributed by atoms with Crippen LogP contribution in [0.4, 0.5) is 11.4 Å². The molecule has 148 valence electrons. The first-order valence-corrected chi connectivity index (χ1v) is 9.12. The second kappa shape index (κ2) is 8.60. The van der Waals surface area contributed by atoms with Crippen molar-refractivity contribution in [1.29, 1.82) is 0 Å². The summed E-state index contributed by atoms with van der Waals surface area (Å²) >= 11 is 0. The summed E-state index contributed by atoms with van der Waals surface area (Å²) < 4.78 is 10.2. The lowest BCUT2D eigenvalue weighted by atomic mass is 10.1. The van der Waals surface area contributed by atoms with Crippen LogP contribution >= 0.6 is 0 Å². The van der Waals surface area contributed by atoms with E-state index in [1.165, 1.54) is 18.6 Å². The van der Waals surface area contributed by atoms with E-state index in [4.69, 9.17) is 9.15 Å². The van der Waals surface area contributed by atoms with Crippen LogP contribution in [0.2, 0.25) is 0 Å². The summed E-state index contributed by atoms with van der Waals surface area (Å²) in [6.07, 6.45) is 4.99. The molecule has 1 atom stereocenters. The van der Waals surface area contributed by atoms with Crippen molar-refractivity contribution < 1.29 is 23.5 Å². The number of rotatable bonds is 6. The minimum Gasteiger partial charge on any atom is -0.495 e. The van der Waals surface area contributed by atoms with Crippen molar-refractivity contribution in [3.63, 3.8) is 0 Å². The minimum atomic E-state index is -0.760. The number of carbonyl (C=O) groups is 3. The maximum atomic E-state index is 12.5. The number of ether oxygens (including phenoxy) is 1.